The lowest BCUT2D eigenvalue weighted by molar-refractivity contribution is -0.385. The van der Waals surface area contributed by atoms with Crippen molar-refractivity contribution < 1.29 is 14.1 Å². The molecule has 0 fully saturated rings. The Kier molecular flexibility index (Phi) is 3.27. The molecular weight excluding hydrogens is 286 g/mol. The van der Waals surface area contributed by atoms with Gasteiger partial charge in [0.25, 0.3) is 5.69 Å². The lowest BCUT2D eigenvalue weighted by Crippen LogP contribution is -2.16. The maximum absolute atomic E-state index is 12.5. The zero-order valence-electron chi connectivity index (χ0n) is 11.2. The molecule has 3 aromatic rings. The van der Waals surface area contributed by atoms with Crippen molar-refractivity contribution in [3.05, 3.63) is 86.3 Å². The molecule has 2 aromatic carbocycles. The molecule has 3 rings (SSSR count). The number of nitrogens with zero attached hydrogens (tertiary/aromatic N) is 1. The Morgan fingerprint density at radius 1 is 1.00 bits per heavy atom. The lowest BCUT2D eigenvalue weighted by Gasteiger charge is -2.03. The average molecular weight is 295 g/mol. The van der Waals surface area contributed by atoms with Crippen molar-refractivity contribution in [3.8, 4) is 0 Å². The Hall–Kier alpha value is -3.28. The van der Waals surface area contributed by atoms with Crippen molar-refractivity contribution in [2.75, 3.05) is 0 Å². The Morgan fingerprint density at radius 2 is 1.68 bits per heavy atom. The van der Waals surface area contributed by atoms with Crippen LogP contribution >= 0.6 is 0 Å². The molecule has 0 aliphatic heterocycles. The lowest BCUT2D eigenvalue weighted by atomic mass is 10.0. The van der Waals surface area contributed by atoms with Crippen LogP contribution in [0.15, 0.2) is 64.0 Å². The molecule has 1 heterocycles. The number of benzene rings is 2. The van der Waals surface area contributed by atoms with Crippen LogP contribution in [0.2, 0.25) is 0 Å². The standard InChI is InChI=1S/C16H9NO5/c18-15(10-5-1-3-7-13(10)17(20)21)12-9-22-14-8-4-2-6-11(14)16(12)19/h1-9H. The van der Waals surface area contributed by atoms with Gasteiger partial charge >= 0.3 is 0 Å². The molecule has 0 radical (unpaired) electrons. The van der Waals surface area contributed by atoms with Crippen molar-refractivity contribution >= 4 is 22.4 Å². The van der Waals surface area contributed by atoms with E-state index in [-0.39, 0.29) is 22.2 Å². The van der Waals surface area contributed by atoms with Gasteiger partial charge in [-0.15, -0.1) is 0 Å². The van der Waals surface area contributed by atoms with Gasteiger partial charge in [0.15, 0.2) is 0 Å². The summed E-state index contributed by atoms with van der Waals surface area (Å²) in [6, 6.07) is 12.0. The summed E-state index contributed by atoms with van der Waals surface area (Å²) in [4.78, 5) is 35.2. The van der Waals surface area contributed by atoms with E-state index < -0.39 is 16.1 Å². The summed E-state index contributed by atoms with van der Waals surface area (Å²) in [7, 11) is 0. The quantitative estimate of drug-likeness (QED) is 0.421. The first-order valence-electron chi connectivity index (χ1n) is 6.38. The fourth-order valence-electron chi connectivity index (χ4n) is 2.20. The van der Waals surface area contributed by atoms with E-state index in [1.807, 2.05) is 0 Å². The molecule has 0 aliphatic carbocycles. The second-order valence-electron chi connectivity index (χ2n) is 4.58. The number of hydrogen-bond donors (Lipinski definition) is 0. The molecule has 1 aromatic heterocycles. The van der Waals surface area contributed by atoms with Crippen LogP contribution in [0.3, 0.4) is 0 Å². The summed E-state index contributed by atoms with van der Waals surface area (Å²) < 4.78 is 5.28. The zero-order valence-corrected chi connectivity index (χ0v) is 11.2. The van der Waals surface area contributed by atoms with Crippen LogP contribution in [0.4, 0.5) is 5.69 Å². The number of carbonyl (C=O) groups is 1. The first-order chi connectivity index (χ1) is 10.6. The van der Waals surface area contributed by atoms with Gasteiger partial charge in [0.05, 0.1) is 10.3 Å². The first kappa shape index (κ1) is 13.7. The number of para-hydroxylation sites is 2. The van der Waals surface area contributed by atoms with Crippen LogP contribution in [0.5, 0.6) is 0 Å². The minimum Gasteiger partial charge on any atom is -0.463 e. The number of carbonyl (C=O) groups excluding carboxylic acids is 1. The smallest absolute Gasteiger partial charge is 0.280 e. The average Bonchev–Trinajstić information content (AvgIpc) is 2.55. The molecular formula is C16H9NO5. The monoisotopic (exact) mass is 295 g/mol. The van der Waals surface area contributed by atoms with Crippen molar-refractivity contribution in [3.63, 3.8) is 0 Å². The molecule has 0 unspecified atom stereocenters. The van der Waals surface area contributed by atoms with Gasteiger partial charge in [-0.05, 0) is 18.2 Å². The fourth-order valence-corrected chi connectivity index (χ4v) is 2.20. The number of nitro groups is 1. The van der Waals surface area contributed by atoms with Crippen LogP contribution in [0.25, 0.3) is 11.0 Å². The maximum Gasteiger partial charge on any atom is 0.280 e. The van der Waals surface area contributed by atoms with E-state index in [0.717, 1.165) is 6.26 Å². The van der Waals surface area contributed by atoms with Crippen LogP contribution in [-0.2, 0) is 0 Å². The molecule has 0 bridgehead atoms. The summed E-state index contributed by atoms with van der Waals surface area (Å²) in [6.07, 6.45) is 1.05. The topological polar surface area (TPSA) is 90.4 Å². The van der Waals surface area contributed by atoms with Crippen LogP contribution in [0.1, 0.15) is 15.9 Å². The number of rotatable bonds is 3. The predicted octanol–water partition coefficient (Wildman–Crippen LogP) is 2.93. The van der Waals surface area contributed by atoms with Gasteiger partial charge in [0, 0.05) is 6.07 Å². The minimum atomic E-state index is -0.730. The Morgan fingerprint density at radius 3 is 2.45 bits per heavy atom. The second kappa shape index (κ2) is 5.25. The molecule has 6 nitrogen and oxygen atoms in total. The summed E-state index contributed by atoms with van der Waals surface area (Å²) in [5.41, 5.74) is -0.875. The van der Waals surface area contributed by atoms with Crippen molar-refractivity contribution in [1.82, 2.24) is 0 Å². The molecule has 0 amide bonds. The van der Waals surface area contributed by atoms with Crippen molar-refractivity contribution in [2.45, 2.75) is 0 Å². The molecule has 0 aliphatic rings. The van der Waals surface area contributed by atoms with Gasteiger partial charge in [0.2, 0.25) is 11.2 Å². The van der Waals surface area contributed by atoms with E-state index in [1.165, 1.54) is 30.3 Å². The van der Waals surface area contributed by atoms with Crippen LogP contribution < -0.4 is 5.43 Å². The Labute approximate surface area is 123 Å². The number of hydrogen-bond acceptors (Lipinski definition) is 5. The molecule has 0 atom stereocenters. The molecule has 108 valence electrons. The molecule has 0 saturated carbocycles. The highest BCUT2D eigenvalue weighted by Crippen LogP contribution is 2.21. The molecule has 0 spiro atoms. The largest absolute Gasteiger partial charge is 0.463 e. The van der Waals surface area contributed by atoms with E-state index in [4.69, 9.17) is 4.42 Å². The summed E-state index contributed by atoms with van der Waals surface area (Å²) in [6.45, 7) is 0. The van der Waals surface area contributed by atoms with Crippen molar-refractivity contribution in [2.24, 2.45) is 0 Å². The fraction of sp³-hybridized carbons (Fsp3) is 0. The normalized spacial score (nSPS) is 10.5. The van der Waals surface area contributed by atoms with E-state index in [0.29, 0.717) is 5.58 Å². The highest BCUT2D eigenvalue weighted by atomic mass is 16.6. The third-order valence-electron chi connectivity index (χ3n) is 3.27. The minimum absolute atomic E-state index is 0.143. The highest BCUT2D eigenvalue weighted by Gasteiger charge is 2.23. The van der Waals surface area contributed by atoms with E-state index in [2.05, 4.69) is 0 Å². The van der Waals surface area contributed by atoms with Gasteiger partial charge in [-0.1, -0.05) is 24.3 Å². The first-order valence-corrected chi connectivity index (χ1v) is 6.38. The Balaban J connectivity index is 2.20. The van der Waals surface area contributed by atoms with Crippen molar-refractivity contribution in [1.29, 1.82) is 0 Å². The van der Waals surface area contributed by atoms with E-state index >= 15 is 0 Å². The van der Waals surface area contributed by atoms with E-state index in [1.54, 1.807) is 18.2 Å². The Bertz CT molecular complexity index is 958. The zero-order chi connectivity index (χ0) is 15.7. The van der Waals surface area contributed by atoms with Gasteiger partial charge in [-0.25, -0.2) is 0 Å². The molecule has 22 heavy (non-hydrogen) atoms. The highest BCUT2D eigenvalue weighted by molar-refractivity contribution is 6.12. The third-order valence-corrected chi connectivity index (χ3v) is 3.27. The third kappa shape index (κ3) is 2.16. The van der Waals surface area contributed by atoms with Gasteiger partial charge in [-0.2, -0.15) is 0 Å². The number of fused-ring (bicyclic) bond motifs is 1. The molecule has 0 saturated heterocycles. The maximum atomic E-state index is 12.5. The van der Waals surface area contributed by atoms with Gasteiger partial charge < -0.3 is 4.42 Å². The second-order valence-corrected chi connectivity index (χ2v) is 4.58. The molecule has 0 N–H and O–H groups in total. The SMILES string of the molecule is O=C(c1ccccc1[N+](=O)[O-])c1coc2ccccc2c1=O. The predicted molar refractivity (Wildman–Crippen MR) is 79.0 cm³/mol. The molecule has 6 heteroatoms. The number of ketones is 1. The van der Waals surface area contributed by atoms with Gasteiger partial charge in [-0.3, -0.25) is 19.7 Å². The number of nitro benzene ring substituents is 1. The van der Waals surface area contributed by atoms with Gasteiger partial charge in [0.1, 0.15) is 23.0 Å². The van der Waals surface area contributed by atoms with Crippen LogP contribution in [-0.4, -0.2) is 10.7 Å². The van der Waals surface area contributed by atoms with E-state index in [9.17, 15) is 19.7 Å². The summed E-state index contributed by atoms with van der Waals surface area (Å²) in [5.74, 6) is -0.730. The van der Waals surface area contributed by atoms with Crippen LogP contribution in [0, 0.1) is 10.1 Å². The summed E-state index contributed by atoms with van der Waals surface area (Å²) >= 11 is 0. The summed E-state index contributed by atoms with van der Waals surface area (Å²) in [5, 5.41) is 11.3.